The van der Waals surface area contributed by atoms with E-state index < -0.39 is 0 Å². The van der Waals surface area contributed by atoms with E-state index in [0.29, 0.717) is 31.2 Å². The summed E-state index contributed by atoms with van der Waals surface area (Å²) in [5, 5.41) is 3.92. The Labute approximate surface area is 182 Å². The van der Waals surface area contributed by atoms with Gasteiger partial charge in [-0.1, -0.05) is 5.16 Å². The van der Waals surface area contributed by atoms with Crippen LogP contribution in [0.2, 0.25) is 0 Å². The first-order valence-electron chi connectivity index (χ1n) is 10.3. The number of piperazine rings is 1. The number of oxime groups is 1. The topological polar surface area (TPSA) is 72.8 Å². The number of hydrogen-bond donors (Lipinski definition) is 0. The van der Waals surface area contributed by atoms with Crippen LogP contribution in [0, 0.1) is 0 Å². The third-order valence-corrected chi connectivity index (χ3v) is 5.02. The van der Waals surface area contributed by atoms with Gasteiger partial charge in [0.25, 0.3) is 5.91 Å². The van der Waals surface area contributed by atoms with Crippen LogP contribution in [0.1, 0.15) is 12.5 Å². The molecule has 3 rings (SSSR count). The summed E-state index contributed by atoms with van der Waals surface area (Å²) in [4.78, 5) is 21.7. The zero-order valence-electron chi connectivity index (χ0n) is 18.2. The number of rotatable bonds is 9. The second-order valence-electron chi connectivity index (χ2n) is 6.92. The fourth-order valence-electron chi connectivity index (χ4n) is 3.33. The minimum Gasteiger partial charge on any atom is -0.497 e. The van der Waals surface area contributed by atoms with Crippen molar-refractivity contribution >= 4 is 17.8 Å². The maximum Gasteiger partial charge on any atom is 0.263 e. The van der Waals surface area contributed by atoms with Crippen molar-refractivity contribution in [3.05, 3.63) is 48.0 Å². The summed E-state index contributed by atoms with van der Waals surface area (Å²) in [5.74, 6) is 2.05. The highest BCUT2D eigenvalue weighted by Gasteiger charge is 2.21. The first-order chi connectivity index (χ1) is 15.1. The Kier molecular flexibility index (Phi) is 7.98. The maximum absolute atomic E-state index is 12.4. The Balaban J connectivity index is 1.44. The number of benzene rings is 2. The molecule has 0 aromatic heterocycles. The van der Waals surface area contributed by atoms with Crippen molar-refractivity contribution in [3.8, 4) is 17.2 Å². The monoisotopic (exact) mass is 427 g/mol. The van der Waals surface area contributed by atoms with Crippen molar-refractivity contribution < 1.29 is 23.8 Å². The van der Waals surface area contributed by atoms with Crippen molar-refractivity contribution in [1.29, 1.82) is 0 Å². The van der Waals surface area contributed by atoms with Gasteiger partial charge in [-0.05, 0) is 49.4 Å². The molecule has 0 aliphatic carbocycles. The lowest BCUT2D eigenvalue weighted by atomic mass is 10.2. The van der Waals surface area contributed by atoms with E-state index in [2.05, 4.69) is 10.1 Å². The lowest BCUT2D eigenvalue weighted by molar-refractivity contribution is -0.136. The van der Waals surface area contributed by atoms with E-state index in [-0.39, 0.29) is 12.5 Å². The largest absolute Gasteiger partial charge is 0.497 e. The molecule has 0 radical (unpaired) electrons. The Morgan fingerprint density at radius 1 is 1.00 bits per heavy atom. The molecule has 1 heterocycles. The fraction of sp³-hybridized carbons (Fsp3) is 0.391. The van der Waals surface area contributed by atoms with E-state index in [1.165, 1.54) is 0 Å². The molecule has 1 aliphatic heterocycles. The van der Waals surface area contributed by atoms with Crippen molar-refractivity contribution in [2.75, 3.05) is 58.5 Å². The van der Waals surface area contributed by atoms with Crippen LogP contribution < -0.4 is 19.1 Å². The first kappa shape index (κ1) is 22.3. The highest BCUT2D eigenvalue weighted by atomic mass is 16.6. The summed E-state index contributed by atoms with van der Waals surface area (Å²) < 4.78 is 16.0. The molecule has 8 nitrogen and oxygen atoms in total. The summed E-state index contributed by atoms with van der Waals surface area (Å²) in [7, 11) is 3.24. The molecule has 0 spiro atoms. The molecule has 2 aromatic rings. The van der Waals surface area contributed by atoms with Gasteiger partial charge in [-0.25, -0.2) is 0 Å². The van der Waals surface area contributed by atoms with Crippen molar-refractivity contribution in [2.45, 2.75) is 6.92 Å². The van der Waals surface area contributed by atoms with Gasteiger partial charge in [-0.3, -0.25) is 4.79 Å². The van der Waals surface area contributed by atoms with Crippen LogP contribution >= 0.6 is 0 Å². The Bertz CT molecular complexity index is 877. The lowest BCUT2D eigenvalue weighted by Gasteiger charge is -2.35. The predicted molar refractivity (Wildman–Crippen MR) is 119 cm³/mol. The van der Waals surface area contributed by atoms with Crippen LogP contribution in [0.15, 0.2) is 47.6 Å². The summed E-state index contributed by atoms with van der Waals surface area (Å²) in [6.07, 6.45) is 1.55. The van der Waals surface area contributed by atoms with E-state index >= 15 is 0 Å². The SMILES string of the molecule is CCOc1ccc(/C=N\OCC(=O)N2CCN(c3ccc(OC)cc3)CC2)cc1OC. The highest BCUT2D eigenvalue weighted by molar-refractivity contribution is 5.81. The minimum atomic E-state index is -0.0901. The average molecular weight is 428 g/mol. The van der Waals surface area contributed by atoms with Crippen LogP contribution in [-0.2, 0) is 9.63 Å². The number of carbonyl (C=O) groups is 1. The third-order valence-electron chi connectivity index (χ3n) is 5.02. The van der Waals surface area contributed by atoms with Gasteiger partial charge in [-0.2, -0.15) is 0 Å². The van der Waals surface area contributed by atoms with E-state index in [1.54, 1.807) is 31.4 Å². The molecular weight excluding hydrogens is 398 g/mol. The molecule has 0 unspecified atom stereocenters. The summed E-state index contributed by atoms with van der Waals surface area (Å²) in [5.41, 5.74) is 1.92. The van der Waals surface area contributed by atoms with Crippen molar-refractivity contribution in [1.82, 2.24) is 4.90 Å². The predicted octanol–water partition coefficient (Wildman–Crippen LogP) is 2.80. The van der Waals surface area contributed by atoms with E-state index in [0.717, 1.165) is 30.1 Å². The minimum absolute atomic E-state index is 0.0733. The molecule has 0 bridgehead atoms. The van der Waals surface area contributed by atoms with E-state index in [4.69, 9.17) is 19.0 Å². The van der Waals surface area contributed by atoms with E-state index in [9.17, 15) is 4.79 Å². The normalized spacial score (nSPS) is 13.9. The van der Waals surface area contributed by atoms with Gasteiger partial charge in [-0.15, -0.1) is 0 Å². The van der Waals surface area contributed by atoms with Gasteiger partial charge in [0.2, 0.25) is 0 Å². The molecule has 0 atom stereocenters. The number of amides is 1. The molecular formula is C23H29N3O5. The number of carbonyl (C=O) groups excluding carboxylic acids is 1. The Hall–Kier alpha value is -3.42. The van der Waals surface area contributed by atoms with E-state index in [1.807, 2.05) is 43.3 Å². The number of anilines is 1. The smallest absolute Gasteiger partial charge is 0.263 e. The third kappa shape index (κ3) is 6.04. The molecule has 1 amide bonds. The number of ether oxygens (including phenoxy) is 3. The molecule has 1 fully saturated rings. The summed E-state index contributed by atoms with van der Waals surface area (Å²) >= 11 is 0. The zero-order chi connectivity index (χ0) is 22.1. The lowest BCUT2D eigenvalue weighted by Crippen LogP contribution is -2.49. The zero-order valence-corrected chi connectivity index (χ0v) is 18.2. The quantitative estimate of drug-likeness (QED) is 0.453. The van der Waals surface area contributed by atoms with Crippen LogP contribution in [0.25, 0.3) is 0 Å². The van der Waals surface area contributed by atoms with Gasteiger partial charge in [0.1, 0.15) is 5.75 Å². The molecule has 8 heteroatoms. The second kappa shape index (κ2) is 11.1. The van der Waals surface area contributed by atoms with Gasteiger partial charge < -0.3 is 28.8 Å². The molecule has 31 heavy (non-hydrogen) atoms. The highest BCUT2D eigenvalue weighted by Crippen LogP contribution is 2.27. The Morgan fingerprint density at radius 2 is 1.74 bits per heavy atom. The summed E-state index contributed by atoms with van der Waals surface area (Å²) in [6, 6.07) is 13.4. The summed E-state index contributed by atoms with van der Waals surface area (Å²) in [6.45, 7) is 5.22. The molecule has 2 aromatic carbocycles. The second-order valence-corrected chi connectivity index (χ2v) is 6.92. The number of hydrogen-bond acceptors (Lipinski definition) is 7. The maximum atomic E-state index is 12.4. The van der Waals surface area contributed by atoms with Crippen LogP contribution in [0.4, 0.5) is 5.69 Å². The fourth-order valence-corrected chi connectivity index (χ4v) is 3.33. The molecule has 0 N–H and O–H groups in total. The molecule has 166 valence electrons. The van der Waals surface area contributed by atoms with Crippen LogP contribution in [0.3, 0.4) is 0 Å². The van der Waals surface area contributed by atoms with Crippen molar-refractivity contribution in [2.24, 2.45) is 5.16 Å². The van der Waals surface area contributed by atoms with Crippen molar-refractivity contribution in [3.63, 3.8) is 0 Å². The van der Waals surface area contributed by atoms with Gasteiger partial charge in [0, 0.05) is 37.4 Å². The van der Waals surface area contributed by atoms with Crippen LogP contribution in [-0.4, -0.2) is 70.6 Å². The van der Waals surface area contributed by atoms with Crippen LogP contribution in [0.5, 0.6) is 17.2 Å². The molecule has 1 aliphatic rings. The average Bonchev–Trinajstić information content (AvgIpc) is 2.82. The first-order valence-corrected chi connectivity index (χ1v) is 10.3. The molecule has 1 saturated heterocycles. The van der Waals surface area contributed by atoms with Gasteiger partial charge in [0.05, 0.1) is 27.0 Å². The number of nitrogens with zero attached hydrogens (tertiary/aromatic N) is 3. The van der Waals surface area contributed by atoms with Gasteiger partial charge in [0.15, 0.2) is 18.1 Å². The standard InChI is InChI=1S/C23H29N3O5/c1-4-30-21-10-5-18(15-22(21)29-3)16-24-31-17-23(27)26-13-11-25(12-14-26)19-6-8-20(28-2)9-7-19/h5-10,15-16H,4,11-14,17H2,1-3H3/b24-16-. The molecule has 0 saturated carbocycles. The number of methoxy groups -OCH3 is 2. The Morgan fingerprint density at radius 3 is 2.39 bits per heavy atom. The van der Waals surface area contributed by atoms with Gasteiger partial charge >= 0.3 is 0 Å².